The van der Waals surface area contributed by atoms with Crippen molar-refractivity contribution < 1.29 is 14.3 Å². The van der Waals surface area contributed by atoms with Gasteiger partial charge in [0.25, 0.3) is 0 Å². The van der Waals surface area contributed by atoms with Crippen LogP contribution in [-0.2, 0) is 22.4 Å². The van der Waals surface area contributed by atoms with Gasteiger partial charge in [-0.2, -0.15) is 5.26 Å². The predicted molar refractivity (Wildman–Crippen MR) is 62.8 cm³/mol. The number of carbonyl (C=O) groups is 1. The number of esters is 1. The first-order valence-electron chi connectivity index (χ1n) is 5.32. The van der Waals surface area contributed by atoms with E-state index in [0.717, 1.165) is 17.5 Å². The summed E-state index contributed by atoms with van der Waals surface area (Å²) in [5.41, 5.74) is 2.26. The average Bonchev–Trinajstić information content (AvgIpc) is 2.38. The summed E-state index contributed by atoms with van der Waals surface area (Å²) >= 11 is 0. The molecule has 17 heavy (non-hydrogen) atoms. The molecule has 0 aliphatic rings. The van der Waals surface area contributed by atoms with Crippen LogP contribution in [0.2, 0.25) is 0 Å². The van der Waals surface area contributed by atoms with Crippen LogP contribution in [0.25, 0.3) is 0 Å². The van der Waals surface area contributed by atoms with E-state index in [2.05, 4.69) is 10.8 Å². The molecule has 0 amide bonds. The number of nitriles is 1. The molecule has 0 N–H and O–H groups in total. The number of ether oxygens (including phenoxy) is 2. The van der Waals surface area contributed by atoms with Crippen molar-refractivity contribution in [2.24, 2.45) is 0 Å². The number of methoxy groups -OCH3 is 2. The number of benzene rings is 1. The zero-order chi connectivity index (χ0) is 12.8. The van der Waals surface area contributed by atoms with E-state index in [1.165, 1.54) is 14.2 Å². The van der Waals surface area contributed by atoms with Crippen LogP contribution < -0.4 is 4.74 Å². The van der Waals surface area contributed by atoms with Crippen molar-refractivity contribution in [2.45, 2.75) is 19.8 Å². The van der Waals surface area contributed by atoms with Gasteiger partial charge in [-0.25, -0.2) is 0 Å². The lowest BCUT2D eigenvalue weighted by molar-refractivity contribution is -0.139. The van der Waals surface area contributed by atoms with Crippen molar-refractivity contribution in [1.82, 2.24) is 0 Å². The van der Waals surface area contributed by atoms with Gasteiger partial charge in [-0.05, 0) is 24.1 Å². The minimum absolute atomic E-state index is 0.161. The van der Waals surface area contributed by atoms with Crippen LogP contribution >= 0.6 is 0 Å². The van der Waals surface area contributed by atoms with Crippen LogP contribution in [0.4, 0.5) is 0 Å². The Hall–Kier alpha value is -2.02. The Morgan fingerprint density at radius 3 is 2.59 bits per heavy atom. The Labute approximate surface area is 101 Å². The van der Waals surface area contributed by atoms with Gasteiger partial charge < -0.3 is 9.47 Å². The van der Waals surface area contributed by atoms with Crippen LogP contribution in [0, 0.1) is 11.3 Å². The SMILES string of the molecule is CCc1cc(C#N)cc(OC)c1CC(=O)OC. The van der Waals surface area contributed by atoms with Gasteiger partial charge in [0.15, 0.2) is 0 Å². The molecule has 0 saturated carbocycles. The maximum Gasteiger partial charge on any atom is 0.310 e. The number of hydrogen-bond donors (Lipinski definition) is 0. The lowest BCUT2D eigenvalue weighted by Crippen LogP contribution is -2.08. The molecule has 90 valence electrons. The summed E-state index contributed by atoms with van der Waals surface area (Å²) in [5.74, 6) is 0.244. The van der Waals surface area contributed by atoms with Gasteiger partial charge in [0.1, 0.15) is 5.75 Å². The number of carbonyl (C=O) groups excluding carboxylic acids is 1. The molecule has 0 aromatic heterocycles. The fourth-order valence-electron chi connectivity index (χ4n) is 1.68. The molecule has 1 aromatic carbocycles. The second kappa shape index (κ2) is 5.90. The largest absolute Gasteiger partial charge is 0.496 e. The Bertz CT molecular complexity index is 435. The van der Waals surface area contributed by atoms with Crippen molar-refractivity contribution in [3.8, 4) is 11.8 Å². The maximum atomic E-state index is 11.3. The fourth-order valence-corrected chi connectivity index (χ4v) is 1.68. The highest BCUT2D eigenvalue weighted by Crippen LogP contribution is 2.26. The van der Waals surface area contributed by atoms with E-state index in [4.69, 9.17) is 10.00 Å². The average molecular weight is 233 g/mol. The van der Waals surface area contributed by atoms with Crippen LogP contribution in [-0.4, -0.2) is 20.2 Å². The second-order valence-electron chi connectivity index (χ2n) is 3.53. The minimum Gasteiger partial charge on any atom is -0.496 e. The summed E-state index contributed by atoms with van der Waals surface area (Å²) in [6.07, 6.45) is 0.896. The molecular weight excluding hydrogens is 218 g/mol. The topological polar surface area (TPSA) is 59.3 Å². The van der Waals surface area contributed by atoms with Crippen molar-refractivity contribution in [3.63, 3.8) is 0 Å². The Morgan fingerprint density at radius 2 is 2.12 bits per heavy atom. The quantitative estimate of drug-likeness (QED) is 0.744. The molecule has 0 bridgehead atoms. The number of hydrogen-bond acceptors (Lipinski definition) is 4. The summed E-state index contributed by atoms with van der Waals surface area (Å²) in [6, 6.07) is 5.49. The molecule has 0 aliphatic carbocycles. The Balaban J connectivity index is 3.25. The van der Waals surface area contributed by atoms with Gasteiger partial charge in [0.2, 0.25) is 0 Å². The van der Waals surface area contributed by atoms with Gasteiger partial charge in [0, 0.05) is 5.56 Å². The first-order valence-corrected chi connectivity index (χ1v) is 5.32. The van der Waals surface area contributed by atoms with Gasteiger partial charge in [0.05, 0.1) is 32.3 Å². The van der Waals surface area contributed by atoms with E-state index in [0.29, 0.717) is 11.3 Å². The lowest BCUT2D eigenvalue weighted by atomic mass is 9.98. The number of nitrogens with zero attached hydrogens (tertiary/aromatic N) is 1. The smallest absolute Gasteiger partial charge is 0.310 e. The van der Waals surface area contributed by atoms with Crippen LogP contribution in [0.3, 0.4) is 0 Å². The Morgan fingerprint density at radius 1 is 1.41 bits per heavy atom. The first-order chi connectivity index (χ1) is 8.15. The maximum absolute atomic E-state index is 11.3. The molecule has 1 aromatic rings. The molecule has 0 fully saturated rings. The molecule has 1 rings (SSSR count). The molecule has 4 heteroatoms. The third kappa shape index (κ3) is 2.97. The van der Waals surface area contributed by atoms with Gasteiger partial charge >= 0.3 is 5.97 Å². The number of rotatable bonds is 4. The zero-order valence-corrected chi connectivity index (χ0v) is 10.2. The molecule has 0 atom stereocenters. The second-order valence-corrected chi connectivity index (χ2v) is 3.53. The third-order valence-corrected chi connectivity index (χ3v) is 2.58. The standard InChI is InChI=1S/C13H15NO3/c1-4-10-5-9(8-14)6-12(16-2)11(10)7-13(15)17-3/h5-6H,4,7H2,1-3H3. The molecule has 0 saturated heterocycles. The molecule has 0 spiro atoms. The van der Waals surface area contributed by atoms with E-state index < -0.39 is 0 Å². The highest BCUT2D eigenvalue weighted by molar-refractivity contribution is 5.74. The lowest BCUT2D eigenvalue weighted by Gasteiger charge is -2.12. The summed E-state index contributed by atoms with van der Waals surface area (Å²) in [5, 5.41) is 8.90. The summed E-state index contributed by atoms with van der Waals surface area (Å²) in [6.45, 7) is 1.97. The Kier molecular flexibility index (Phi) is 4.53. The number of aryl methyl sites for hydroxylation is 1. The van der Waals surface area contributed by atoms with E-state index >= 15 is 0 Å². The van der Waals surface area contributed by atoms with Gasteiger partial charge in [-0.3, -0.25) is 4.79 Å². The first kappa shape index (κ1) is 13.0. The summed E-state index contributed by atoms with van der Waals surface area (Å²) in [7, 11) is 2.88. The normalized spacial score (nSPS) is 9.53. The summed E-state index contributed by atoms with van der Waals surface area (Å²) in [4.78, 5) is 11.3. The van der Waals surface area contributed by atoms with Crippen molar-refractivity contribution in [2.75, 3.05) is 14.2 Å². The highest BCUT2D eigenvalue weighted by atomic mass is 16.5. The molecule has 4 nitrogen and oxygen atoms in total. The molecule has 0 unspecified atom stereocenters. The van der Waals surface area contributed by atoms with Crippen molar-refractivity contribution in [1.29, 1.82) is 5.26 Å². The van der Waals surface area contributed by atoms with Crippen LogP contribution in [0.5, 0.6) is 5.75 Å². The van der Waals surface area contributed by atoms with E-state index in [9.17, 15) is 4.79 Å². The fraction of sp³-hybridized carbons (Fsp3) is 0.385. The minimum atomic E-state index is -0.317. The third-order valence-electron chi connectivity index (χ3n) is 2.58. The highest BCUT2D eigenvalue weighted by Gasteiger charge is 2.14. The van der Waals surface area contributed by atoms with E-state index in [-0.39, 0.29) is 12.4 Å². The van der Waals surface area contributed by atoms with Crippen LogP contribution in [0.1, 0.15) is 23.6 Å². The van der Waals surface area contributed by atoms with Crippen molar-refractivity contribution in [3.05, 3.63) is 28.8 Å². The molecular formula is C13H15NO3. The molecule has 0 heterocycles. The predicted octanol–water partition coefficient (Wildman–Crippen LogP) is 1.84. The van der Waals surface area contributed by atoms with Crippen LogP contribution in [0.15, 0.2) is 12.1 Å². The van der Waals surface area contributed by atoms with Gasteiger partial charge in [-0.1, -0.05) is 6.92 Å². The van der Waals surface area contributed by atoms with E-state index in [1.54, 1.807) is 12.1 Å². The monoisotopic (exact) mass is 233 g/mol. The zero-order valence-electron chi connectivity index (χ0n) is 10.2. The van der Waals surface area contributed by atoms with Gasteiger partial charge in [-0.15, -0.1) is 0 Å². The van der Waals surface area contributed by atoms with E-state index in [1.807, 2.05) is 6.92 Å². The van der Waals surface area contributed by atoms with Crippen molar-refractivity contribution >= 4 is 5.97 Å². The molecule has 0 aliphatic heterocycles. The summed E-state index contributed by atoms with van der Waals surface area (Å²) < 4.78 is 9.87. The molecule has 0 radical (unpaired) electrons.